The summed E-state index contributed by atoms with van der Waals surface area (Å²) < 4.78 is 0.981. The number of hydrogen-bond acceptors (Lipinski definition) is 4. The Morgan fingerprint density at radius 3 is 2.63 bits per heavy atom. The molecule has 0 fully saturated rings. The largest absolute Gasteiger partial charge is 0.481 e. The number of hydrogen-bond donors (Lipinski definition) is 4. The quantitative estimate of drug-likeness (QED) is 0.625. The van der Waals surface area contributed by atoms with Crippen molar-refractivity contribution in [3.63, 3.8) is 0 Å². The van der Waals surface area contributed by atoms with Crippen molar-refractivity contribution >= 4 is 39.3 Å². The summed E-state index contributed by atoms with van der Waals surface area (Å²) in [5, 5.41) is 23.3. The Morgan fingerprint density at radius 1 is 1.42 bits per heavy atom. The molecule has 1 atom stereocenters. The van der Waals surface area contributed by atoms with Gasteiger partial charge >= 0.3 is 12.0 Å². The third-order valence-electron chi connectivity index (χ3n) is 2.21. The van der Waals surface area contributed by atoms with E-state index >= 15 is 0 Å². The van der Waals surface area contributed by atoms with Gasteiger partial charge in [-0.2, -0.15) is 0 Å². The van der Waals surface area contributed by atoms with E-state index in [2.05, 4.69) is 26.6 Å². The number of carbonyl (C=O) groups is 2. The van der Waals surface area contributed by atoms with Crippen molar-refractivity contribution < 1.29 is 19.8 Å². The lowest BCUT2D eigenvalue weighted by Gasteiger charge is -2.21. The Kier molecular flexibility index (Phi) is 5.77. The second kappa shape index (κ2) is 6.88. The van der Waals surface area contributed by atoms with E-state index in [1.54, 1.807) is 0 Å². The first-order valence-corrected chi connectivity index (χ1v) is 7.09. The summed E-state index contributed by atoms with van der Waals surface area (Å²) in [5.41, 5.74) is -1.46. The van der Waals surface area contributed by atoms with Crippen LogP contribution in [0.15, 0.2) is 15.9 Å². The second-order valence-corrected chi connectivity index (χ2v) is 6.86. The van der Waals surface area contributed by atoms with Crippen LogP contribution in [-0.2, 0) is 11.3 Å². The number of aliphatic hydroxyl groups is 1. The molecular weight excluding hydrogens is 336 g/mol. The van der Waals surface area contributed by atoms with Crippen LogP contribution in [0.3, 0.4) is 0 Å². The highest BCUT2D eigenvalue weighted by Gasteiger charge is 2.24. The van der Waals surface area contributed by atoms with Crippen molar-refractivity contribution in [3.05, 3.63) is 20.8 Å². The molecule has 0 saturated carbocycles. The first kappa shape index (κ1) is 15.9. The highest BCUT2D eigenvalue weighted by Crippen LogP contribution is 2.21. The zero-order valence-corrected chi connectivity index (χ0v) is 12.7. The first-order valence-electron chi connectivity index (χ1n) is 5.48. The Labute approximate surface area is 123 Å². The lowest BCUT2D eigenvalue weighted by Crippen LogP contribution is -2.45. The highest BCUT2D eigenvalue weighted by molar-refractivity contribution is 9.11. The van der Waals surface area contributed by atoms with Crippen LogP contribution in [0, 0.1) is 0 Å². The summed E-state index contributed by atoms with van der Waals surface area (Å²) >= 11 is 4.83. The molecule has 0 spiro atoms. The average molecular weight is 351 g/mol. The molecule has 8 heteroatoms. The number of thiophene rings is 1. The maximum Gasteiger partial charge on any atom is 0.315 e. The number of carboxylic acid groups (broad SMARTS) is 1. The second-order valence-electron chi connectivity index (χ2n) is 4.31. The number of carbonyl (C=O) groups excluding carboxylic acids is 1. The van der Waals surface area contributed by atoms with E-state index in [0.717, 1.165) is 8.66 Å². The van der Waals surface area contributed by atoms with Gasteiger partial charge in [-0.3, -0.25) is 4.79 Å². The monoisotopic (exact) mass is 350 g/mol. The third-order valence-corrected chi connectivity index (χ3v) is 3.84. The van der Waals surface area contributed by atoms with Crippen LogP contribution in [-0.4, -0.2) is 34.4 Å². The Hall–Kier alpha value is -1.12. The van der Waals surface area contributed by atoms with Crippen molar-refractivity contribution in [2.75, 3.05) is 6.54 Å². The van der Waals surface area contributed by atoms with Gasteiger partial charge in [0.1, 0.15) is 0 Å². The molecule has 0 aromatic carbocycles. The summed E-state index contributed by atoms with van der Waals surface area (Å²) in [6, 6.07) is 3.32. The fourth-order valence-electron chi connectivity index (χ4n) is 1.34. The van der Waals surface area contributed by atoms with Gasteiger partial charge in [0.15, 0.2) is 0 Å². The summed E-state index contributed by atoms with van der Waals surface area (Å²) in [6.45, 7) is 1.61. The molecule has 1 rings (SSSR count). The van der Waals surface area contributed by atoms with Crippen molar-refractivity contribution in [2.45, 2.75) is 25.5 Å². The number of aliphatic carboxylic acids is 1. The van der Waals surface area contributed by atoms with E-state index in [-0.39, 0.29) is 6.54 Å². The molecule has 0 aliphatic heterocycles. The lowest BCUT2D eigenvalue weighted by molar-refractivity contribution is -0.141. The molecule has 106 valence electrons. The standard InChI is InChI=1S/C11H15BrN2O4S/c1-11(18,4-9(15)16)6-14-10(17)13-5-7-2-3-8(12)19-7/h2-3,18H,4-6H2,1H3,(H,15,16)(H2,13,14,17). The van der Waals surface area contributed by atoms with Gasteiger partial charge < -0.3 is 20.8 Å². The molecule has 1 aromatic rings. The van der Waals surface area contributed by atoms with Crippen LogP contribution < -0.4 is 10.6 Å². The number of amides is 2. The van der Waals surface area contributed by atoms with Crippen LogP contribution >= 0.6 is 27.3 Å². The molecule has 1 heterocycles. The normalized spacial score (nSPS) is 13.6. The van der Waals surface area contributed by atoms with Gasteiger partial charge in [0, 0.05) is 11.4 Å². The molecule has 0 radical (unpaired) electrons. The van der Waals surface area contributed by atoms with Gasteiger partial charge in [0.25, 0.3) is 0 Å². The summed E-state index contributed by atoms with van der Waals surface area (Å²) in [5.74, 6) is -1.12. The van der Waals surface area contributed by atoms with Gasteiger partial charge in [-0.15, -0.1) is 11.3 Å². The zero-order valence-electron chi connectivity index (χ0n) is 10.3. The molecule has 0 bridgehead atoms. The fourth-order valence-corrected chi connectivity index (χ4v) is 2.76. The predicted molar refractivity (Wildman–Crippen MR) is 75.1 cm³/mol. The molecule has 0 aliphatic rings. The van der Waals surface area contributed by atoms with Crippen LogP contribution in [0.4, 0.5) is 4.79 Å². The van der Waals surface area contributed by atoms with Gasteiger partial charge in [0.05, 0.1) is 22.4 Å². The summed E-state index contributed by atoms with van der Waals surface area (Å²) in [7, 11) is 0. The van der Waals surface area contributed by atoms with E-state index in [4.69, 9.17) is 5.11 Å². The van der Waals surface area contributed by atoms with Crippen LogP contribution in [0.5, 0.6) is 0 Å². The van der Waals surface area contributed by atoms with Crippen LogP contribution in [0.1, 0.15) is 18.2 Å². The molecule has 0 aliphatic carbocycles. The fraction of sp³-hybridized carbons (Fsp3) is 0.455. The van der Waals surface area contributed by atoms with Crippen molar-refractivity contribution in [3.8, 4) is 0 Å². The van der Waals surface area contributed by atoms with E-state index < -0.39 is 24.0 Å². The molecule has 2 amide bonds. The van der Waals surface area contributed by atoms with Gasteiger partial charge in [-0.1, -0.05) is 0 Å². The molecule has 6 nitrogen and oxygen atoms in total. The van der Waals surface area contributed by atoms with Crippen molar-refractivity contribution in [1.82, 2.24) is 10.6 Å². The Bertz CT molecular complexity index is 461. The molecule has 0 saturated heterocycles. The molecule has 4 N–H and O–H groups in total. The smallest absolute Gasteiger partial charge is 0.315 e. The molecule has 1 aromatic heterocycles. The Morgan fingerprint density at radius 2 is 2.11 bits per heavy atom. The predicted octanol–water partition coefficient (Wildman–Crippen LogP) is 1.54. The summed E-state index contributed by atoms with van der Waals surface area (Å²) in [6.07, 6.45) is -0.425. The van der Waals surface area contributed by atoms with E-state index in [1.807, 2.05) is 12.1 Å². The summed E-state index contributed by atoms with van der Waals surface area (Å²) in [4.78, 5) is 22.9. The van der Waals surface area contributed by atoms with Gasteiger partial charge in [-0.05, 0) is 35.0 Å². The minimum atomic E-state index is -1.46. The van der Waals surface area contributed by atoms with Gasteiger partial charge in [0.2, 0.25) is 0 Å². The van der Waals surface area contributed by atoms with E-state index in [0.29, 0.717) is 6.54 Å². The Balaban J connectivity index is 2.30. The molecular formula is C11H15BrN2O4S. The van der Waals surface area contributed by atoms with Crippen LogP contribution in [0.2, 0.25) is 0 Å². The molecule has 1 unspecified atom stereocenters. The topological polar surface area (TPSA) is 98.7 Å². The SMILES string of the molecule is CC(O)(CNC(=O)NCc1ccc(Br)s1)CC(=O)O. The van der Waals surface area contributed by atoms with Crippen molar-refractivity contribution in [1.29, 1.82) is 0 Å². The number of urea groups is 1. The zero-order chi connectivity index (χ0) is 14.5. The van der Waals surface area contributed by atoms with Crippen LogP contribution in [0.25, 0.3) is 0 Å². The lowest BCUT2D eigenvalue weighted by atomic mass is 10.0. The number of rotatable bonds is 6. The third kappa shape index (κ3) is 6.55. The maximum atomic E-state index is 11.5. The number of nitrogens with one attached hydrogen (secondary N) is 2. The maximum absolute atomic E-state index is 11.5. The molecule has 19 heavy (non-hydrogen) atoms. The number of halogens is 1. The minimum absolute atomic E-state index is 0.126. The van der Waals surface area contributed by atoms with Crippen molar-refractivity contribution in [2.24, 2.45) is 0 Å². The average Bonchev–Trinajstić information content (AvgIpc) is 2.68. The first-order chi connectivity index (χ1) is 8.78. The van der Waals surface area contributed by atoms with E-state index in [1.165, 1.54) is 18.3 Å². The van der Waals surface area contributed by atoms with Gasteiger partial charge in [-0.25, -0.2) is 4.79 Å². The minimum Gasteiger partial charge on any atom is -0.481 e. The van der Waals surface area contributed by atoms with E-state index in [9.17, 15) is 14.7 Å². The highest BCUT2D eigenvalue weighted by atomic mass is 79.9. The number of carboxylic acids is 1.